The molecule has 2 heterocycles. The highest BCUT2D eigenvalue weighted by molar-refractivity contribution is 8.01. The first-order chi connectivity index (χ1) is 9.82. The van der Waals surface area contributed by atoms with Gasteiger partial charge in [0.15, 0.2) is 9.84 Å². The molecule has 0 N–H and O–H groups in total. The highest BCUT2D eigenvalue weighted by Gasteiger charge is 2.32. The lowest BCUT2D eigenvalue weighted by atomic mass is 10.1. The summed E-state index contributed by atoms with van der Waals surface area (Å²) in [5, 5.41) is -0.505. The van der Waals surface area contributed by atoms with Gasteiger partial charge in [0.2, 0.25) is 0 Å². The largest absolute Gasteiger partial charge is 0.338 e. The van der Waals surface area contributed by atoms with Crippen LogP contribution in [0.15, 0.2) is 12.1 Å². The fraction of sp³-hybridized carbons (Fsp3) is 0.643. The molecule has 0 radical (unpaired) electrons. The molecule has 0 spiro atoms. The van der Waals surface area contributed by atoms with Crippen molar-refractivity contribution in [1.29, 1.82) is 0 Å². The van der Waals surface area contributed by atoms with E-state index in [0.717, 1.165) is 22.8 Å². The first-order valence-corrected chi connectivity index (χ1v) is 10.6. The molecule has 0 amide bonds. The molecule has 1 saturated heterocycles. The molecular weight excluding hydrogens is 328 g/mol. The molecule has 2 rings (SSSR count). The summed E-state index contributed by atoms with van der Waals surface area (Å²) in [6.45, 7) is 4.84. The second kappa shape index (κ2) is 6.75. The maximum Gasteiger partial charge on any atom is 0.169 e. The molecule has 1 aromatic heterocycles. The van der Waals surface area contributed by atoms with E-state index < -0.39 is 15.2 Å². The number of sulfone groups is 1. The maximum atomic E-state index is 12.0. The average Bonchev–Trinajstić information content (AvgIpc) is 2.45. The Morgan fingerprint density at radius 2 is 2.19 bits per heavy atom. The molecule has 0 aliphatic carbocycles. The Hall–Kier alpha value is -0.460. The highest BCUT2D eigenvalue weighted by atomic mass is 35.5. The summed E-state index contributed by atoms with van der Waals surface area (Å²) in [6.07, 6.45) is 1.30. The summed E-state index contributed by atoms with van der Waals surface area (Å²) < 4.78 is 24.1. The van der Waals surface area contributed by atoms with Crippen LogP contribution in [0.2, 0.25) is 0 Å². The van der Waals surface area contributed by atoms with Crippen LogP contribution >= 0.6 is 23.4 Å². The van der Waals surface area contributed by atoms with Gasteiger partial charge in [0.25, 0.3) is 0 Å². The Bertz CT molecular complexity index is 605. The number of nitrogens with zero attached hydrogens (tertiary/aromatic N) is 2. The van der Waals surface area contributed by atoms with Crippen molar-refractivity contribution in [1.82, 2.24) is 4.98 Å². The van der Waals surface area contributed by atoms with Gasteiger partial charge in [0.05, 0.1) is 0 Å². The Morgan fingerprint density at radius 1 is 1.48 bits per heavy atom. The lowest BCUT2D eigenvalue weighted by Crippen LogP contribution is -2.47. The molecule has 4 nitrogen and oxygen atoms in total. The van der Waals surface area contributed by atoms with E-state index in [9.17, 15) is 8.42 Å². The molecular formula is C14H21ClN2O2S2. The van der Waals surface area contributed by atoms with Gasteiger partial charge in [-0.2, -0.15) is 11.8 Å². The SMILES string of the molecule is CC(C)c1cc(CCl)cc(N2CCSCC2S(C)(=O)=O)n1. The summed E-state index contributed by atoms with van der Waals surface area (Å²) in [7, 11) is -3.14. The van der Waals surface area contributed by atoms with Gasteiger partial charge >= 0.3 is 0 Å². The van der Waals surface area contributed by atoms with E-state index in [1.807, 2.05) is 17.0 Å². The Labute approximate surface area is 136 Å². The van der Waals surface area contributed by atoms with E-state index in [1.54, 1.807) is 11.8 Å². The minimum atomic E-state index is -3.14. The van der Waals surface area contributed by atoms with Crippen LogP contribution in [0.1, 0.15) is 31.0 Å². The van der Waals surface area contributed by atoms with Gasteiger partial charge in [-0.05, 0) is 23.6 Å². The van der Waals surface area contributed by atoms with Crippen LogP contribution in [0.25, 0.3) is 0 Å². The minimum absolute atomic E-state index is 0.280. The highest BCUT2D eigenvalue weighted by Crippen LogP contribution is 2.28. The van der Waals surface area contributed by atoms with Crippen molar-refractivity contribution >= 4 is 39.0 Å². The standard InChI is InChI=1S/C14H21ClN2O2S2/c1-10(2)12-6-11(8-15)7-13(16-12)17-4-5-20-9-14(17)21(3,18)19/h6-7,10,14H,4-5,8-9H2,1-3H3. The Morgan fingerprint density at radius 3 is 2.76 bits per heavy atom. The third kappa shape index (κ3) is 4.05. The number of aromatic nitrogens is 1. The van der Waals surface area contributed by atoms with E-state index in [1.165, 1.54) is 6.26 Å². The number of alkyl halides is 1. The van der Waals surface area contributed by atoms with Crippen LogP contribution < -0.4 is 4.90 Å². The quantitative estimate of drug-likeness (QED) is 0.783. The normalized spacial score (nSPS) is 20.0. The average molecular weight is 349 g/mol. The van der Waals surface area contributed by atoms with Gasteiger partial charge in [0, 0.05) is 35.9 Å². The van der Waals surface area contributed by atoms with Crippen LogP contribution in [0.3, 0.4) is 0 Å². The van der Waals surface area contributed by atoms with E-state index in [-0.39, 0.29) is 5.92 Å². The fourth-order valence-corrected chi connectivity index (χ4v) is 5.29. The molecule has 1 aliphatic heterocycles. The van der Waals surface area contributed by atoms with Crippen molar-refractivity contribution in [3.05, 3.63) is 23.4 Å². The number of rotatable bonds is 4. The number of hydrogen-bond acceptors (Lipinski definition) is 5. The molecule has 7 heteroatoms. The van der Waals surface area contributed by atoms with E-state index >= 15 is 0 Å². The zero-order valence-corrected chi connectivity index (χ0v) is 14.9. The molecule has 0 bridgehead atoms. The first-order valence-electron chi connectivity index (χ1n) is 6.93. The molecule has 0 aromatic carbocycles. The number of halogens is 1. The molecule has 21 heavy (non-hydrogen) atoms. The third-order valence-electron chi connectivity index (χ3n) is 3.51. The summed E-state index contributed by atoms with van der Waals surface area (Å²) >= 11 is 7.65. The monoisotopic (exact) mass is 348 g/mol. The summed E-state index contributed by atoms with van der Waals surface area (Å²) in [5.74, 6) is 2.91. The topological polar surface area (TPSA) is 50.3 Å². The van der Waals surface area contributed by atoms with Crippen molar-refractivity contribution < 1.29 is 8.42 Å². The summed E-state index contributed by atoms with van der Waals surface area (Å²) in [4.78, 5) is 6.57. The molecule has 1 unspecified atom stereocenters. The predicted molar refractivity (Wildman–Crippen MR) is 91.2 cm³/mol. The molecule has 1 aromatic rings. The number of hydrogen-bond donors (Lipinski definition) is 0. The van der Waals surface area contributed by atoms with Crippen molar-refractivity contribution in [2.45, 2.75) is 31.0 Å². The van der Waals surface area contributed by atoms with Crippen LogP contribution in [0.5, 0.6) is 0 Å². The van der Waals surface area contributed by atoms with Gasteiger partial charge in [-0.1, -0.05) is 13.8 Å². The lowest BCUT2D eigenvalue weighted by molar-refractivity contribution is 0.583. The van der Waals surface area contributed by atoms with Crippen LogP contribution in [-0.4, -0.2) is 43.1 Å². The molecule has 0 saturated carbocycles. The van der Waals surface area contributed by atoms with Crippen LogP contribution in [-0.2, 0) is 15.7 Å². The van der Waals surface area contributed by atoms with Crippen molar-refractivity contribution in [3.63, 3.8) is 0 Å². The van der Waals surface area contributed by atoms with Crippen LogP contribution in [0, 0.1) is 0 Å². The van der Waals surface area contributed by atoms with Crippen molar-refractivity contribution in [3.8, 4) is 0 Å². The number of pyridine rings is 1. The van der Waals surface area contributed by atoms with E-state index in [2.05, 4.69) is 18.8 Å². The summed E-state index contributed by atoms with van der Waals surface area (Å²) in [5.41, 5.74) is 1.93. The number of anilines is 1. The van der Waals surface area contributed by atoms with E-state index in [0.29, 0.717) is 18.2 Å². The molecule has 118 valence electrons. The van der Waals surface area contributed by atoms with Crippen molar-refractivity contribution in [2.24, 2.45) is 0 Å². The molecule has 1 atom stereocenters. The Kier molecular flexibility index (Phi) is 5.43. The van der Waals surface area contributed by atoms with Gasteiger partial charge < -0.3 is 4.90 Å². The van der Waals surface area contributed by atoms with E-state index in [4.69, 9.17) is 11.6 Å². The zero-order valence-electron chi connectivity index (χ0n) is 12.5. The third-order valence-corrected chi connectivity index (χ3v) is 6.46. The predicted octanol–water partition coefficient (Wildman–Crippen LogP) is 2.87. The minimum Gasteiger partial charge on any atom is -0.338 e. The zero-order chi connectivity index (χ0) is 15.6. The van der Waals surface area contributed by atoms with Gasteiger partial charge in [-0.15, -0.1) is 11.6 Å². The maximum absolute atomic E-state index is 12.0. The second-order valence-corrected chi connectivity index (χ2v) is 9.22. The van der Waals surface area contributed by atoms with Crippen molar-refractivity contribution in [2.75, 3.05) is 29.2 Å². The van der Waals surface area contributed by atoms with Gasteiger partial charge in [0.1, 0.15) is 11.2 Å². The first kappa shape index (κ1) is 16.9. The number of thioether (sulfide) groups is 1. The fourth-order valence-electron chi connectivity index (χ4n) is 2.31. The van der Waals surface area contributed by atoms with Crippen LogP contribution in [0.4, 0.5) is 5.82 Å². The van der Waals surface area contributed by atoms with Gasteiger partial charge in [-0.25, -0.2) is 13.4 Å². The molecule has 1 fully saturated rings. The summed E-state index contributed by atoms with van der Waals surface area (Å²) in [6, 6.07) is 3.91. The second-order valence-electron chi connectivity index (χ2n) is 5.60. The lowest BCUT2D eigenvalue weighted by Gasteiger charge is -2.35. The smallest absolute Gasteiger partial charge is 0.169 e. The Balaban J connectivity index is 2.45. The molecule has 1 aliphatic rings. The van der Waals surface area contributed by atoms with Gasteiger partial charge in [-0.3, -0.25) is 0 Å².